The average Bonchev–Trinajstić information content (AvgIpc) is 3.12. The Labute approximate surface area is 148 Å². The van der Waals surface area contributed by atoms with Crippen LogP contribution in [-0.4, -0.2) is 58.9 Å². The summed E-state index contributed by atoms with van der Waals surface area (Å²) < 4.78 is 0. The summed E-state index contributed by atoms with van der Waals surface area (Å²) in [7, 11) is 1.87. The van der Waals surface area contributed by atoms with E-state index in [1.165, 1.54) is 25.9 Å². The predicted molar refractivity (Wildman–Crippen MR) is 101 cm³/mol. The van der Waals surface area contributed by atoms with Gasteiger partial charge in [-0.1, -0.05) is 18.2 Å². The smallest absolute Gasteiger partial charge is 0.232 e. The van der Waals surface area contributed by atoms with Crippen molar-refractivity contribution < 1.29 is 4.79 Å². The highest BCUT2D eigenvalue weighted by atomic mass is 32.2. The highest BCUT2D eigenvalue weighted by Gasteiger charge is 2.13. The summed E-state index contributed by atoms with van der Waals surface area (Å²) in [4.78, 5) is 21.0. The highest BCUT2D eigenvalue weighted by Crippen LogP contribution is 2.14. The summed E-state index contributed by atoms with van der Waals surface area (Å²) in [6.07, 6.45) is 4.52. The van der Waals surface area contributed by atoms with E-state index in [0.29, 0.717) is 12.3 Å². The number of amides is 1. The van der Waals surface area contributed by atoms with Gasteiger partial charge in [-0.05, 0) is 43.6 Å². The number of carbonyl (C=O) groups excluding carboxylic acids is 1. The molecule has 5 heteroatoms. The lowest BCUT2D eigenvalue weighted by molar-refractivity contribution is -0.127. The standard InChI is InChI=1S/C19H25N3OS/c1-21(19(23)15-24-11-10-22-8-4-5-9-22)14-16-12-17-6-2-3-7-18(17)20-13-16/h2-3,6-7,12-13H,4-5,8-11,14-15H2,1H3. The van der Waals surface area contributed by atoms with Crippen LogP contribution in [0.15, 0.2) is 36.5 Å². The van der Waals surface area contributed by atoms with Crippen LogP contribution in [0.5, 0.6) is 0 Å². The molecule has 1 aliphatic heterocycles. The summed E-state index contributed by atoms with van der Waals surface area (Å²) in [6, 6.07) is 10.2. The van der Waals surface area contributed by atoms with Crippen molar-refractivity contribution in [1.29, 1.82) is 0 Å². The SMILES string of the molecule is CN(Cc1cnc2ccccc2c1)C(=O)CSCCN1CCCC1. The van der Waals surface area contributed by atoms with E-state index < -0.39 is 0 Å². The van der Waals surface area contributed by atoms with E-state index in [4.69, 9.17) is 0 Å². The molecule has 0 spiro atoms. The maximum Gasteiger partial charge on any atom is 0.232 e. The molecule has 0 radical (unpaired) electrons. The van der Waals surface area contributed by atoms with Crippen molar-refractivity contribution in [2.75, 3.05) is 38.2 Å². The number of pyridine rings is 1. The number of benzene rings is 1. The van der Waals surface area contributed by atoms with Gasteiger partial charge in [-0.25, -0.2) is 0 Å². The Morgan fingerprint density at radius 1 is 1.29 bits per heavy atom. The molecule has 24 heavy (non-hydrogen) atoms. The number of aromatic nitrogens is 1. The van der Waals surface area contributed by atoms with Crippen LogP contribution in [0.25, 0.3) is 10.9 Å². The van der Waals surface area contributed by atoms with Crippen molar-refractivity contribution in [3.05, 3.63) is 42.1 Å². The Bertz CT molecular complexity index is 685. The lowest BCUT2D eigenvalue weighted by atomic mass is 10.1. The quantitative estimate of drug-likeness (QED) is 0.724. The molecule has 0 N–H and O–H groups in total. The Kier molecular flexibility index (Phi) is 6.10. The molecule has 0 atom stereocenters. The van der Waals surface area contributed by atoms with Crippen LogP contribution in [0.4, 0.5) is 0 Å². The number of carbonyl (C=O) groups is 1. The fraction of sp³-hybridized carbons (Fsp3) is 0.474. The summed E-state index contributed by atoms with van der Waals surface area (Å²) in [5.74, 6) is 1.79. The third-order valence-corrected chi connectivity index (χ3v) is 5.39. The normalized spacial score (nSPS) is 15.0. The van der Waals surface area contributed by atoms with Gasteiger partial charge in [-0.2, -0.15) is 11.8 Å². The maximum absolute atomic E-state index is 12.3. The van der Waals surface area contributed by atoms with Gasteiger partial charge < -0.3 is 9.80 Å². The van der Waals surface area contributed by atoms with Gasteiger partial charge in [0.15, 0.2) is 0 Å². The Hall–Kier alpha value is -1.59. The van der Waals surface area contributed by atoms with Crippen molar-refractivity contribution in [2.24, 2.45) is 0 Å². The van der Waals surface area contributed by atoms with Crippen molar-refractivity contribution in [1.82, 2.24) is 14.8 Å². The molecule has 1 aliphatic rings. The predicted octanol–water partition coefficient (Wildman–Crippen LogP) is 3.02. The molecule has 0 bridgehead atoms. The fourth-order valence-corrected chi connectivity index (χ4v) is 3.96. The summed E-state index contributed by atoms with van der Waals surface area (Å²) >= 11 is 1.74. The van der Waals surface area contributed by atoms with Gasteiger partial charge in [0, 0.05) is 37.5 Å². The molecule has 4 nitrogen and oxygen atoms in total. The van der Waals surface area contributed by atoms with Gasteiger partial charge >= 0.3 is 0 Å². The Balaban J connectivity index is 1.44. The summed E-state index contributed by atoms with van der Waals surface area (Å²) in [5.41, 5.74) is 2.07. The summed E-state index contributed by atoms with van der Waals surface area (Å²) in [6.45, 7) is 4.17. The third-order valence-electron chi connectivity index (χ3n) is 4.47. The first-order chi connectivity index (χ1) is 11.7. The second-order valence-corrected chi connectivity index (χ2v) is 7.49. The molecule has 1 aromatic carbocycles. The molecule has 128 valence electrons. The van der Waals surface area contributed by atoms with Gasteiger partial charge in [-0.3, -0.25) is 9.78 Å². The molecular weight excluding hydrogens is 318 g/mol. The number of thioether (sulfide) groups is 1. The zero-order valence-electron chi connectivity index (χ0n) is 14.3. The first kappa shape index (κ1) is 17.2. The van der Waals surface area contributed by atoms with Crippen LogP contribution in [0.1, 0.15) is 18.4 Å². The Morgan fingerprint density at radius 2 is 2.08 bits per heavy atom. The zero-order chi connectivity index (χ0) is 16.8. The van der Waals surface area contributed by atoms with Crippen molar-refractivity contribution in [3.63, 3.8) is 0 Å². The number of likely N-dealkylation sites (tertiary alicyclic amines) is 1. The molecule has 2 heterocycles. The van der Waals surface area contributed by atoms with Crippen LogP contribution < -0.4 is 0 Å². The van der Waals surface area contributed by atoms with E-state index in [-0.39, 0.29) is 5.91 Å². The van der Waals surface area contributed by atoms with E-state index in [1.807, 2.05) is 31.4 Å². The second kappa shape index (κ2) is 8.49. The minimum absolute atomic E-state index is 0.189. The summed E-state index contributed by atoms with van der Waals surface area (Å²) in [5, 5.41) is 1.12. The molecule has 2 aromatic rings. The number of hydrogen-bond donors (Lipinski definition) is 0. The number of rotatable bonds is 7. The molecule has 0 unspecified atom stereocenters. The first-order valence-electron chi connectivity index (χ1n) is 8.60. The number of para-hydroxylation sites is 1. The topological polar surface area (TPSA) is 36.4 Å². The van der Waals surface area contributed by atoms with Crippen LogP contribution in [0.3, 0.4) is 0 Å². The van der Waals surface area contributed by atoms with Gasteiger partial charge in [0.1, 0.15) is 0 Å². The van der Waals surface area contributed by atoms with Crippen molar-refractivity contribution >= 4 is 28.6 Å². The van der Waals surface area contributed by atoms with Crippen LogP contribution in [0.2, 0.25) is 0 Å². The van der Waals surface area contributed by atoms with E-state index >= 15 is 0 Å². The van der Waals surface area contributed by atoms with Crippen LogP contribution in [0, 0.1) is 0 Å². The van der Waals surface area contributed by atoms with Gasteiger partial charge in [0.2, 0.25) is 5.91 Å². The average molecular weight is 343 g/mol. The molecule has 1 aromatic heterocycles. The molecule has 3 rings (SSSR count). The minimum Gasteiger partial charge on any atom is -0.341 e. The molecule has 1 fully saturated rings. The van der Waals surface area contributed by atoms with E-state index in [0.717, 1.165) is 28.8 Å². The van der Waals surface area contributed by atoms with Crippen molar-refractivity contribution in [2.45, 2.75) is 19.4 Å². The van der Waals surface area contributed by atoms with E-state index in [1.54, 1.807) is 16.7 Å². The lowest BCUT2D eigenvalue weighted by Gasteiger charge is -2.18. The van der Waals surface area contributed by atoms with Crippen LogP contribution in [-0.2, 0) is 11.3 Å². The molecule has 0 aliphatic carbocycles. The van der Waals surface area contributed by atoms with E-state index in [9.17, 15) is 4.79 Å². The number of fused-ring (bicyclic) bond motifs is 1. The van der Waals surface area contributed by atoms with Gasteiger partial charge in [-0.15, -0.1) is 0 Å². The molecule has 0 saturated carbocycles. The van der Waals surface area contributed by atoms with Crippen molar-refractivity contribution in [3.8, 4) is 0 Å². The number of nitrogens with zero attached hydrogens (tertiary/aromatic N) is 3. The first-order valence-corrected chi connectivity index (χ1v) is 9.75. The van der Waals surface area contributed by atoms with Gasteiger partial charge in [0.25, 0.3) is 0 Å². The highest BCUT2D eigenvalue weighted by molar-refractivity contribution is 7.99. The minimum atomic E-state index is 0.189. The van der Waals surface area contributed by atoms with Crippen LogP contribution >= 0.6 is 11.8 Å². The third kappa shape index (κ3) is 4.71. The fourth-order valence-electron chi connectivity index (χ4n) is 3.03. The molecular formula is C19H25N3OS. The molecule has 1 amide bonds. The number of hydrogen-bond acceptors (Lipinski definition) is 4. The van der Waals surface area contributed by atoms with Gasteiger partial charge in [0.05, 0.1) is 11.3 Å². The zero-order valence-corrected chi connectivity index (χ0v) is 15.1. The largest absolute Gasteiger partial charge is 0.341 e. The second-order valence-electron chi connectivity index (χ2n) is 6.39. The lowest BCUT2D eigenvalue weighted by Crippen LogP contribution is -2.28. The maximum atomic E-state index is 12.3. The van der Waals surface area contributed by atoms with E-state index in [2.05, 4.69) is 22.0 Å². The monoisotopic (exact) mass is 343 g/mol. The Morgan fingerprint density at radius 3 is 2.92 bits per heavy atom. The molecule has 1 saturated heterocycles.